The number of ether oxygens (including phenoxy) is 2. The number of carbonyl (C=O) groups excluding carboxylic acids is 1. The van der Waals surface area contributed by atoms with Crippen LogP contribution in [0, 0.1) is 6.92 Å². The van der Waals surface area contributed by atoms with Gasteiger partial charge in [-0.3, -0.25) is 0 Å². The Morgan fingerprint density at radius 3 is 2.88 bits per heavy atom. The molecule has 1 unspecified atom stereocenters. The summed E-state index contributed by atoms with van der Waals surface area (Å²) in [5.74, 6) is 1.49. The fraction of sp³-hybridized carbons (Fsp3) is 0.412. The molecule has 0 spiro atoms. The molecule has 2 N–H and O–H groups in total. The lowest BCUT2D eigenvalue weighted by Gasteiger charge is -2.16. The second-order valence-electron chi connectivity index (χ2n) is 5.66. The molecule has 1 aromatic carbocycles. The van der Waals surface area contributed by atoms with Crippen LogP contribution in [0.5, 0.6) is 11.5 Å². The predicted octanol–water partition coefficient (Wildman–Crippen LogP) is 3.17. The lowest BCUT2D eigenvalue weighted by Crippen LogP contribution is -2.36. The first kappa shape index (κ1) is 16.6. The largest absolute Gasteiger partial charge is 0.490 e. The van der Waals surface area contributed by atoms with Crippen molar-refractivity contribution < 1.29 is 14.3 Å². The Morgan fingerprint density at radius 1 is 1.33 bits per heavy atom. The predicted molar refractivity (Wildman–Crippen MR) is 92.7 cm³/mol. The maximum atomic E-state index is 12.0. The third-order valence-electron chi connectivity index (χ3n) is 3.72. The molecule has 0 radical (unpaired) electrons. The summed E-state index contributed by atoms with van der Waals surface area (Å²) < 4.78 is 11.3. The molecular formula is C17H21N3O3S. The van der Waals surface area contributed by atoms with Crippen molar-refractivity contribution in [2.75, 3.05) is 13.2 Å². The molecule has 2 amide bonds. The van der Waals surface area contributed by atoms with E-state index in [1.54, 1.807) is 11.3 Å². The number of aryl methyl sites for hydroxylation is 1. The van der Waals surface area contributed by atoms with Gasteiger partial charge in [0.05, 0.1) is 36.5 Å². The summed E-state index contributed by atoms with van der Waals surface area (Å²) in [4.78, 5) is 16.4. The molecule has 0 saturated carbocycles. The molecule has 1 atom stereocenters. The first-order valence-corrected chi connectivity index (χ1v) is 8.84. The number of hydrogen-bond donors (Lipinski definition) is 2. The number of aromatic nitrogens is 1. The van der Waals surface area contributed by atoms with Crippen molar-refractivity contribution in [2.24, 2.45) is 0 Å². The van der Waals surface area contributed by atoms with E-state index in [0.29, 0.717) is 19.8 Å². The van der Waals surface area contributed by atoms with E-state index in [1.165, 1.54) is 0 Å². The molecule has 1 aliphatic heterocycles. The number of rotatable bonds is 4. The van der Waals surface area contributed by atoms with E-state index < -0.39 is 0 Å². The molecule has 6 nitrogen and oxygen atoms in total. The molecule has 0 saturated heterocycles. The van der Waals surface area contributed by atoms with E-state index >= 15 is 0 Å². The summed E-state index contributed by atoms with van der Waals surface area (Å²) in [7, 11) is 0. The molecule has 2 aromatic rings. The van der Waals surface area contributed by atoms with E-state index in [4.69, 9.17) is 9.47 Å². The molecule has 24 heavy (non-hydrogen) atoms. The van der Waals surface area contributed by atoms with E-state index in [1.807, 2.05) is 37.4 Å². The lowest BCUT2D eigenvalue weighted by atomic mass is 10.1. The number of hydrogen-bond acceptors (Lipinski definition) is 5. The summed E-state index contributed by atoms with van der Waals surface area (Å²) in [6.07, 6.45) is 0.871. The van der Waals surface area contributed by atoms with E-state index in [2.05, 4.69) is 15.6 Å². The van der Waals surface area contributed by atoms with Crippen molar-refractivity contribution in [3.63, 3.8) is 0 Å². The third-order valence-corrected chi connectivity index (χ3v) is 4.54. The van der Waals surface area contributed by atoms with Crippen LogP contribution in [0.3, 0.4) is 0 Å². The Morgan fingerprint density at radius 2 is 2.12 bits per heavy atom. The maximum Gasteiger partial charge on any atom is 0.315 e. The van der Waals surface area contributed by atoms with Crippen LogP contribution in [-0.4, -0.2) is 24.2 Å². The molecule has 128 valence electrons. The second-order valence-corrected chi connectivity index (χ2v) is 6.73. The van der Waals surface area contributed by atoms with Crippen molar-refractivity contribution in [3.05, 3.63) is 39.8 Å². The van der Waals surface area contributed by atoms with Gasteiger partial charge in [0.15, 0.2) is 11.5 Å². The Kier molecular flexibility index (Phi) is 5.20. The van der Waals surface area contributed by atoms with Gasteiger partial charge < -0.3 is 20.1 Å². The minimum atomic E-state index is -0.222. The number of nitrogens with one attached hydrogen (secondary N) is 2. The van der Waals surface area contributed by atoms with Crippen LogP contribution in [0.4, 0.5) is 4.79 Å². The summed E-state index contributed by atoms with van der Waals surface area (Å²) in [5, 5.41) is 8.69. The van der Waals surface area contributed by atoms with Crippen molar-refractivity contribution in [1.29, 1.82) is 0 Å². The van der Waals surface area contributed by atoms with Crippen LogP contribution in [0.1, 0.15) is 35.7 Å². The van der Waals surface area contributed by atoms with Gasteiger partial charge in [-0.1, -0.05) is 6.07 Å². The van der Waals surface area contributed by atoms with Gasteiger partial charge in [0, 0.05) is 11.8 Å². The number of fused-ring (bicyclic) bond motifs is 1. The Balaban J connectivity index is 1.56. The van der Waals surface area contributed by atoms with Crippen molar-refractivity contribution in [3.8, 4) is 11.5 Å². The van der Waals surface area contributed by atoms with E-state index in [-0.39, 0.29) is 12.1 Å². The summed E-state index contributed by atoms with van der Waals surface area (Å²) in [6, 6.07) is 5.40. The van der Waals surface area contributed by atoms with Crippen molar-refractivity contribution in [2.45, 2.75) is 32.9 Å². The Bertz CT molecular complexity index is 717. The molecule has 7 heteroatoms. The highest BCUT2D eigenvalue weighted by molar-refractivity contribution is 7.09. The molecule has 3 rings (SSSR count). The zero-order valence-electron chi connectivity index (χ0n) is 13.8. The van der Waals surface area contributed by atoms with Crippen LogP contribution < -0.4 is 20.1 Å². The number of carbonyl (C=O) groups is 1. The average Bonchev–Trinajstić information content (AvgIpc) is 2.84. The normalized spacial score (nSPS) is 14.6. The minimum absolute atomic E-state index is 0.140. The highest BCUT2D eigenvalue weighted by atomic mass is 32.1. The quantitative estimate of drug-likeness (QED) is 0.891. The molecule has 0 fully saturated rings. The van der Waals surface area contributed by atoms with Gasteiger partial charge in [-0.15, -0.1) is 11.3 Å². The molecule has 0 bridgehead atoms. The van der Waals surface area contributed by atoms with Crippen LogP contribution in [0.25, 0.3) is 0 Å². The number of nitrogens with zero attached hydrogens (tertiary/aromatic N) is 1. The zero-order chi connectivity index (χ0) is 16.9. The SMILES string of the molecule is Cc1nc(CNC(=O)NC(C)c2ccc3c(c2)OCCCO3)cs1. The lowest BCUT2D eigenvalue weighted by molar-refractivity contribution is 0.237. The highest BCUT2D eigenvalue weighted by Gasteiger charge is 2.15. The van der Waals surface area contributed by atoms with Crippen molar-refractivity contribution >= 4 is 17.4 Å². The van der Waals surface area contributed by atoms with Gasteiger partial charge >= 0.3 is 6.03 Å². The fourth-order valence-corrected chi connectivity index (χ4v) is 3.05. The fourth-order valence-electron chi connectivity index (χ4n) is 2.44. The van der Waals surface area contributed by atoms with Crippen LogP contribution in [-0.2, 0) is 6.54 Å². The van der Waals surface area contributed by atoms with Gasteiger partial charge in [0.2, 0.25) is 0 Å². The molecular weight excluding hydrogens is 326 g/mol. The Hall–Kier alpha value is -2.28. The van der Waals surface area contributed by atoms with Crippen LogP contribution in [0.2, 0.25) is 0 Å². The number of amides is 2. The molecule has 1 aliphatic rings. The standard InChI is InChI=1S/C17H21N3O3S/c1-11(19-17(21)18-9-14-10-24-12(2)20-14)13-4-5-15-16(8-13)23-7-3-6-22-15/h4-5,8,10-11H,3,6-7,9H2,1-2H3,(H2,18,19,21). The molecule has 1 aromatic heterocycles. The van der Waals surface area contributed by atoms with Gasteiger partial charge in [-0.05, 0) is 31.5 Å². The van der Waals surface area contributed by atoms with Crippen LogP contribution >= 0.6 is 11.3 Å². The van der Waals surface area contributed by atoms with Crippen LogP contribution in [0.15, 0.2) is 23.6 Å². The first-order valence-electron chi connectivity index (χ1n) is 7.97. The van der Waals surface area contributed by atoms with Gasteiger partial charge in [-0.2, -0.15) is 0 Å². The highest BCUT2D eigenvalue weighted by Crippen LogP contribution is 2.32. The number of urea groups is 1. The number of benzene rings is 1. The minimum Gasteiger partial charge on any atom is -0.490 e. The van der Waals surface area contributed by atoms with E-state index in [0.717, 1.165) is 34.2 Å². The molecule has 2 heterocycles. The van der Waals surface area contributed by atoms with Gasteiger partial charge in [0.25, 0.3) is 0 Å². The number of thiazole rings is 1. The molecule has 0 aliphatic carbocycles. The van der Waals surface area contributed by atoms with Gasteiger partial charge in [-0.25, -0.2) is 9.78 Å². The third kappa shape index (κ3) is 4.17. The maximum absolute atomic E-state index is 12.0. The van der Waals surface area contributed by atoms with Crippen molar-refractivity contribution in [1.82, 2.24) is 15.6 Å². The second kappa shape index (κ2) is 7.53. The average molecular weight is 347 g/mol. The monoisotopic (exact) mass is 347 g/mol. The topological polar surface area (TPSA) is 72.5 Å². The van der Waals surface area contributed by atoms with E-state index in [9.17, 15) is 4.79 Å². The first-order chi connectivity index (χ1) is 11.6. The zero-order valence-corrected chi connectivity index (χ0v) is 14.6. The van der Waals surface area contributed by atoms with Gasteiger partial charge in [0.1, 0.15) is 0 Å². The smallest absolute Gasteiger partial charge is 0.315 e. The summed E-state index contributed by atoms with van der Waals surface area (Å²) in [6.45, 7) is 5.61. The summed E-state index contributed by atoms with van der Waals surface area (Å²) in [5.41, 5.74) is 1.84. The Labute approximate surface area is 145 Å². The summed E-state index contributed by atoms with van der Waals surface area (Å²) >= 11 is 1.57.